The molecule has 6 aromatic heterocycles. The highest BCUT2D eigenvalue weighted by Gasteiger charge is 2.31. The van der Waals surface area contributed by atoms with Crippen LogP contribution < -0.4 is 0 Å². The molecule has 4 heteroatoms. The van der Waals surface area contributed by atoms with Crippen molar-refractivity contribution < 1.29 is 0 Å². The summed E-state index contributed by atoms with van der Waals surface area (Å²) in [6, 6.07) is 92.2. The van der Waals surface area contributed by atoms with Gasteiger partial charge in [0, 0.05) is 87.1 Å². The first-order valence-corrected chi connectivity index (χ1v) is 30.4. The topological polar surface area (TPSA) is 18.7 Å². The molecule has 19 rings (SSSR count). The summed E-state index contributed by atoms with van der Waals surface area (Å²) in [6.07, 6.45) is 0. The van der Waals surface area contributed by atoms with Crippen molar-refractivity contribution in [3.63, 3.8) is 0 Å². The van der Waals surface area contributed by atoms with Gasteiger partial charge >= 0.3 is 0 Å². The molecular formula is C82H58N4. The first-order valence-electron chi connectivity index (χ1n) is 30.4. The Morgan fingerprint density at radius 2 is 0.628 bits per heavy atom. The maximum atomic E-state index is 2.68. The molecule has 0 radical (unpaired) electrons. The predicted octanol–water partition coefficient (Wildman–Crippen LogP) is 22.4. The molecule has 0 aliphatic rings. The van der Waals surface area contributed by atoms with E-state index < -0.39 is 0 Å². The minimum atomic E-state index is -0.115. The molecule has 0 amide bonds. The van der Waals surface area contributed by atoms with Crippen molar-refractivity contribution in [3.05, 3.63) is 254 Å². The van der Waals surface area contributed by atoms with E-state index in [2.05, 4.69) is 302 Å². The van der Waals surface area contributed by atoms with Gasteiger partial charge in [0.2, 0.25) is 0 Å². The van der Waals surface area contributed by atoms with Crippen LogP contribution in [0.3, 0.4) is 0 Å². The number of hydrogen-bond acceptors (Lipinski definition) is 0. The predicted molar refractivity (Wildman–Crippen MR) is 368 cm³/mol. The zero-order valence-electron chi connectivity index (χ0n) is 48.9. The molecule has 406 valence electrons. The molecule has 0 unspecified atom stereocenters. The van der Waals surface area contributed by atoms with Crippen molar-refractivity contribution >= 4 is 141 Å². The van der Waals surface area contributed by atoms with Crippen LogP contribution in [-0.4, -0.2) is 17.9 Å². The minimum absolute atomic E-state index is 0.107. The summed E-state index contributed by atoms with van der Waals surface area (Å²) in [6.45, 7) is 14.2. The number of nitrogens with zero attached hydrogens (tertiary/aromatic N) is 4. The quantitative estimate of drug-likeness (QED) is 0.167. The molecule has 0 aliphatic carbocycles. The lowest BCUT2D eigenvalue weighted by atomic mass is 9.83. The summed E-state index contributed by atoms with van der Waals surface area (Å²) >= 11 is 0. The second kappa shape index (κ2) is 16.7. The van der Waals surface area contributed by atoms with Crippen LogP contribution in [0.25, 0.3) is 175 Å². The van der Waals surface area contributed by atoms with Gasteiger partial charge in [-0.15, -0.1) is 0 Å². The third kappa shape index (κ3) is 6.27. The zero-order chi connectivity index (χ0) is 57.2. The number of para-hydroxylation sites is 4. The van der Waals surface area contributed by atoms with Gasteiger partial charge in [0.05, 0.1) is 55.2 Å². The van der Waals surface area contributed by atoms with Crippen molar-refractivity contribution in [2.45, 2.75) is 52.4 Å². The summed E-state index contributed by atoms with van der Waals surface area (Å²) in [5.74, 6) is 0. The van der Waals surface area contributed by atoms with Crippen molar-refractivity contribution in [2.75, 3.05) is 0 Å². The van der Waals surface area contributed by atoms with E-state index in [-0.39, 0.29) is 10.8 Å². The second-order valence-corrected chi connectivity index (χ2v) is 26.4. The fourth-order valence-corrected chi connectivity index (χ4v) is 15.7. The van der Waals surface area contributed by atoms with E-state index in [1.807, 2.05) is 0 Å². The summed E-state index contributed by atoms with van der Waals surface area (Å²) in [7, 11) is 0. The van der Waals surface area contributed by atoms with Crippen molar-refractivity contribution in [2.24, 2.45) is 0 Å². The van der Waals surface area contributed by atoms with Gasteiger partial charge in [-0.2, -0.15) is 0 Å². The average Bonchev–Trinajstić information content (AvgIpc) is 1.54. The van der Waals surface area contributed by atoms with Crippen LogP contribution in [0.4, 0.5) is 0 Å². The molecule has 0 bridgehead atoms. The highest BCUT2D eigenvalue weighted by molar-refractivity contribution is 6.42. The fourth-order valence-electron chi connectivity index (χ4n) is 15.7. The highest BCUT2D eigenvalue weighted by atomic mass is 15.0. The number of rotatable bonds is 4. The Balaban J connectivity index is 0.969. The van der Waals surface area contributed by atoms with Crippen LogP contribution in [0.15, 0.2) is 243 Å². The van der Waals surface area contributed by atoms with Gasteiger partial charge in [-0.3, -0.25) is 0 Å². The van der Waals surface area contributed by atoms with Crippen molar-refractivity contribution in [1.82, 2.24) is 17.9 Å². The standard InChI is InChI=1S/C82H58N4/c1-81(2,3)51-43-59(49-33-35-69-61(39-49)57-29-17-19-31-67(57)83(69)53-23-9-7-10-24-53)77-64(45-51)63-41-47-21-14-16-28-56(47)75-76-72(86(77)79(63)75)38-37-71-74(76)65-42-48-22-13-15-27-55(48)73-66-46-52(82(4,5)6)44-60(78(66)85(71)80(65)73)50-34-36-70-62(40-50)58-30-18-20-32-68(58)84(70)54-25-11-8-12-26-54/h7-46H,1-6H3. The number of benzene rings is 13. The maximum absolute atomic E-state index is 2.68. The van der Waals surface area contributed by atoms with E-state index in [9.17, 15) is 0 Å². The Kier molecular flexibility index (Phi) is 9.31. The fraction of sp³-hybridized carbons (Fsp3) is 0.0976. The SMILES string of the molecule is CC(C)(C)c1cc(-c2ccc3c(c2)c2ccccc2n3-c2ccccc2)c2c(c1)c1c3ccccc3cc3c4c5c6c7ccccc7cc7c8cc(C(C)(C)C)cc(-c9ccc%10c(c9)c9ccccc9n%10-c9ccccc9)c8n(c5ccc4n2c31)c76. The lowest BCUT2D eigenvalue weighted by Gasteiger charge is -2.21. The van der Waals surface area contributed by atoms with Gasteiger partial charge in [-0.25, -0.2) is 0 Å². The van der Waals surface area contributed by atoms with Gasteiger partial charge in [-0.05, 0) is 164 Å². The Labute approximate surface area is 496 Å². The van der Waals surface area contributed by atoms with Gasteiger partial charge in [0.15, 0.2) is 0 Å². The highest BCUT2D eigenvalue weighted by Crippen LogP contribution is 2.54. The molecule has 0 fully saturated rings. The summed E-state index contributed by atoms with van der Waals surface area (Å²) in [5.41, 5.74) is 22.0. The van der Waals surface area contributed by atoms with E-state index in [4.69, 9.17) is 0 Å². The normalized spacial score (nSPS) is 13.0. The summed E-state index contributed by atoms with van der Waals surface area (Å²) in [5, 5.41) is 20.5. The smallest absolute Gasteiger partial charge is 0.0627 e. The third-order valence-electron chi connectivity index (χ3n) is 19.6. The second-order valence-electron chi connectivity index (χ2n) is 26.4. The Morgan fingerprint density at radius 1 is 0.244 bits per heavy atom. The van der Waals surface area contributed by atoms with E-state index >= 15 is 0 Å². The van der Waals surface area contributed by atoms with Gasteiger partial charge in [0.25, 0.3) is 0 Å². The van der Waals surface area contributed by atoms with Crippen LogP contribution in [0.1, 0.15) is 52.7 Å². The van der Waals surface area contributed by atoms with Crippen LogP contribution in [0, 0.1) is 0 Å². The molecule has 0 atom stereocenters. The monoisotopic (exact) mass is 1100 g/mol. The average molecular weight is 1100 g/mol. The number of fused-ring (bicyclic) bond motifs is 23. The van der Waals surface area contributed by atoms with E-state index in [0.29, 0.717) is 0 Å². The molecule has 0 aliphatic heterocycles. The molecule has 19 aromatic rings. The van der Waals surface area contributed by atoms with E-state index in [1.54, 1.807) is 0 Å². The van der Waals surface area contributed by atoms with Gasteiger partial charge in [-0.1, -0.05) is 175 Å². The Hall–Kier alpha value is -10.4. The first kappa shape index (κ1) is 48.0. The van der Waals surface area contributed by atoms with Crippen LogP contribution in [0.5, 0.6) is 0 Å². The van der Waals surface area contributed by atoms with Gasteiger partial charge < -0.3 is 17.9 Å². The molecule has 13 aromatic carbocycles. The number of aromatic nitrogens is 4. The molecule has 4 nitrogen and oxygen atoms in total. The third-order valence-corrected chi connectivity index (χ3v) is 19.6. The Bertz CT molecular complexity index is 6130. The lowest BCUT2D eigenvalue weighted by Crippen LogP contribution is -2.11. The molecule has 0 spiro atoms. The van der Waals surface area contributed by atoms with E-state index in [0.717, 1.165) is 11.4 Å². The molecule has 0 N–H and O–H groups in total. The first-order chi connectivity index (χ1) is 42.0. The van der Waals surface area contributed by atoms with Crippen LogP contribution in [-0.2, 0) is 10.8 Å². The minimum Gasteiger partial charge on any atom is -0.309 e. The largest absolute Gasteiger partial charge is 0.309 e. The molecule has 86 heavy (non-hydrogen) atoms. The lowest BCUT2D eigenvalue weighted by molar-refractivity contribution is 0.591. The van der Waals surface area contributed by atoms with Crippen LogP contribution >= 0.6 is 0 Å². The summed E-state index contributed by atoms with van der Waals surface area (Å²) in [4.78, 5) is 0. The van der Waals surface area contributed by atoms with Crippen LogP contribution in [0.2, 0.25) is 0 Å². The number of hydrogen-bond donors (Lipinski definition) is 0. The molecule has 0 saturated heterocycles. The molecule has 6 heterocycles. The maximum Gasteiger partial charge on any atom is 0.0627 e. The van der Waals surface area contributed by atoms with Crippen molar-refractivity contribution in [1.29, 1.82) is 0 Å². The zero-order valence-corrected chi connectivity index (χ0v) is 48.9. The van der Waals surface area contributed by atoms with E-state index in [1.165, 1.54) is 175 Å². The molecular weight excluding hydrogens is 1040 g/mol. The molecule has 0 saturated carbocycles. The van der Waals surface area contributed by atoms with Gasteiger partial charge in [0.1, 0.15) is 0 Å². The van der Waals surface area contributed by atoms with Crippen molar-refractivity contribution in [3.8, 4) is 33.6 Å². The Morgan fingerprint density at radius 3 is 1.16 bits per heavy atom. The summed E-state index contributed by atoms with van der Waals surface area (Å²) < 4.78 is 10.2.